The largest absolute Gasteiger partial charge is 0.494 e. The first-order chi connectivity index (χ1) is 10.3. The summed E-state index contributed by atoms with van der Waals surface area (Å²) in [7, 11) is 1.68. The highest BCUT2D eigenvalue weighted by Gasteiger charge is 2.07. The highest BCUT2D eigenvalue weighted by atomic mass is 16.5. The van der Waals surface area contributed by atoms with Crippen LogP contribution in [0.25, 0.3) is 11.3 Å². The summed E-state index contributed by atoms with van der Waals surface area (Å²) in [5.74, 6) is 2.27. The molecule has 0 aliphatic heterocycles. The summed E-state index contributed by atoms with van der Waals surface area (Å²) in [6.45, 7) is 4.84. The van der Waals surface area contributed by atoms with E-state index in [0.29, 0.717) is 25.6 Å². The molecule has 2 rings (SSSR count). The Hall–Kier alpha value is -1.85. The van der Waals surface area contributed by atoms with Crippen LogP contribution >= 0.6 is 0 Å². The maximum absolute atomic E-state index is 5.74. The first-order valence-corrected chi connectivity index (χ1v) is 7.21. The lowest BCUT2D eigenvalue weighted by Crippen LogP contribution is -2.18. The van der Waals surface area contributed by atoms with E-state index in [1.54, 1.807) is 13.3 Å². The zero-order valence-corrected chi connectivity index (χ0v) is 12.6. The SMILES string of the molecule is CCCOc1cccc(-c2cnc(CNCCOC)o2)c1. The van der Waals surface area contributed by atoms with Crippen LogP contribution in [0.3, 0.4) is 0 Å². The third kappa shape index (κ3) is 4.88. The van der Waals surface area contributed by atoms with Gasteiger partial charge in [-0.3, -0.25) is 0 Å². The fraction of sp³-hybridized carbons (Fsp3) is 0.438. The molecule has 0 spiro atoms. The summed E-state index contributed by atoms with van der Waals surface area (Å²) in [5.41, 5.74) is 0.972. The van der Waals surface area contributed by atoms with Crippen LogP contribution in [-0.2, 0) is 11.3 Å². The van der Waals surface area contributed by atoms with Gasteiger partial charge in [0.25, 0.3) is 0 Å². The summed E-state index contributed by atoms with van der Waals surface area (Å²) >= 11 is 0. The molecule has 0 aliphatic carbocycles. The number of oxazole rings is 1. The van der Waals surface area contributed by atoms with Crippen molar-refractivity contribution in [3.8, 4) is 17.1 Å². The number of hydrogen-bond donors (Lipinski definition) is 1. The van der Waals surface area contributed by atoms with Crippen molar-refractivity contribution in [1.29, 1.82) is 0 Å². The van der Waals surface area contributed by atoms with Gasteiger partial charge in [0.05, 0.1) is 26.0 Å². The van der Waals surface area contributed by atoms with Gasteiger partial charge in [0.15, 0.2) is 5.76 Å². The van der Waals surface area contributed by atoms with E-state index < -0.39 is 0 Å². The van der Waals surface area contributed by atoms with Crippen molar-refractivity contribution in [2.75, 3.05) is 26.9 Å². The van der Waals surface area contributed by atoms with Crippen LogP contribution in [0.4, 0.5) is 0 Å². The molecule has 0 radical (unpaired) electrons. The minimum Gasteiger partial charge on any atom is -0.494 e. The Bertz CT molecular complexity index is 540. The van der Waals surface area contributed by atoms with E-state index in [-0.39, 0.29) is 0 Å². The predicted molar refractivity (Wildman–Crippen MR) is 81.3 cm³/mol. The van der Waals surface area contributed by atoms with Crippen molar-refractivity contribution in [1.82, 2.24) is 10.3 Å². The lowest BCUT2D eigenvalue weighted by molar-refractivity contribution is 0.198. The van der Waals surface area contributed by atoms with Crippen LogP contribution in [0, 0.1) is 0 Å². The van der Waals surface area contributed by atoms with Gasteiger partial charge >= 0.3 is 0 Å². The van der Waals surface area contributed by atoms with Crippen LogP contribution in [0.15, 0.2) is 34.9 Å². The Balaban J connectivity index is 1.96. The summed E-state index contributed by atoms with van der Waals surface area (Å²) in [6.07, 6.45) is 2.73. The second kappa shape index (κ2) is 8.44. The average molecular weight is 290 g/mol. The van der Waals surface area contributed by atoms with Gasteiger partial charge in [-0.05, 0) is 18.6 Å². The number of hydrogen-bond acceptors (Lipinski definition) is 5. The highest BCUT2D eigenvalue weighted by molar-refractivity contribution is 5.58. The first-order valence-electron chi connectivity index (χ1n) is 7.21. The molecule has 2 aromatic rings. The highest BCUT2D eigenvalue weighted by Crippen LogP contribution is 2.24. The monoisotopic (exact) mass is 290 g/mol. The Kier molecular flexibility index (Phi) is 6.24. The molecule has 21 heavy (non-hydrogen) atoms. The van der Waals surface area contributed by atoms with E-state index in [1.165, 1.54) is 0 Å². The molecule has 0 unspecified atom stereocenters. The maximum atomic E-state index is 5.74. The molecule has 1 aromatic heterocycles. The zero-order valence-electron chi connectivity index (χ0n) is 12.6. The number of benzene rings is 1. The number of ether oxygens (including phenoxy) is 2. The molecule has 0 bridgehead atoms. The van der Waals surface area contributed by atoms with Gasteiger partial charge in [0, 0.05) is 19.2 Å². The van der Waals surface area contributed by atoms with Gasteiger partial charge < -0.3 is 19.2 Å². The second-order valence-electron chi connectivity index (χ2n) is 4.66. The van der Waals surface area contributed by atoms with Crippen molar-refractivity contribution in [2.45, 2.75) is 19.9 Å². The third-order valence-corrected chi connectivity index (χ3v) is 2.90. The minimum atomic E-state index is 0.593. The summed E-state index contributed by atoms with van der Waals surface area (Å²) in [5, 5.41) is 3.20. The van der Waals surface area contributed by atoms with Crippen LogP contribution < -0.4 is 10.1 Å². The fourth-order valence-corrected chi connectivity index (χ4v) is 1.85. The Morgan fingerprint density at radius 3 is 3.00 bits per heavy atom. The Morgan fingerprint density at radius 1 is 1.29 bits per heavy atom. The molecule has 0 atom stereocenters. The Morgan fingerprint density at radius 2 is 2.19 bits per heavy atom. The number of nitrogens with zero attached hydrogens (tertiary/aromatic N) is 1. The molecular weight excluding hydrogens is 268 g/mol. The van der Waals surface area contributed by atoms with Crippen molar-refractivity contribution >= 4 is 0 Å². The van der Waals surface area contributed by atoms with Crippen LogP contribution in [0.2, 0.25) is 0 Å². The maximum Gasteiger partial charge on any atom is 0.208 e. The van der Waals surface area contributed by atoms with E-state index in [4.69, 9.17) is 13.9 Å². The van der Waals surface area contributed by atoms with Gasteiger partial charge in [0.1, 0.15) is 5.75 Å². The van der Waals surface area contributed by atoms with Gasteiger partial charge in [0.2, 0.25) is 5.89 Å². The standard InChI is InChI=1S/C16H22N2O3/c1-3-8-20-14-6-4-5-13(10-14)15-11-18-16(21-15)12-17-7-9-19-2/h4-6,10-11,17H,3,7-9,12H2,1-2H3. The van der Waals surface area contributed by atoms with E-state index in [1.807, 2.05) is 24.3 Å². The van der Waals surface area contributed by atoms with Crippen LogP contribution in [0.5, 0.6) is 5.75 Å². The molecule has 5 heteroatoms. The molecule has 0 saturated heterocycles. The molecule has 1 N–H and O–H groups in total. The Labute approximate surface area is 125 Å². The number of aromatic nitrogens is 1. The smallest absolute Gasteiger partial charge is 0.208 e. The lowest BCUT2D eigenvalue weighted by Gasteiger charge is -2.05. The predicted octanol–water partition coefficient (Wildman–Crippen LogP) is 2.87. The van der Waals surface area contributed by atoms with Gasteiger partial charge in [-0.1, -0.05) is 19.1 Å². The summed E-state index contributed by atoms with van der Waals surface area (Å²) in [4.78, 5) is 4.27. The van der Waals surface area contributed by atoms with E-state index in [2.05, 4.69) is 17.2 Å². The molecule has 0 aliphatic rings. The molecule has 0 fully saturated rings. The summed E-state index contributed by atoms with van der Waals surface area (Å²) < 4.78 is 16.3. The summed E-state index contributed by atoms with van der Waals surface area (Å²) in [6, 6.07) is 7.86. The molecule has 1 aromatic carbocycles. The van der Waals surface area contributed by atoms with Crippen LogP contribution in [0.1, 0.15) is 19.2 Å². The van der Waals surface area contributed by atoms with Crippen LogP contribution in [-0.4, -0.2) is 31.9 Å². The average Bonchev–Trinajstić information content (AvgIpc) is 2.99. The van der Waals surface area contributed by atoms with Gasteiger partial charge in [-0.25, -0.2) is 4.98 Å². The van der Waals surface area contributed by atoms with Crippen molar-refractivity contribution in [3.63, 3.8) is 0 Å². The minimum absolute atomic E-state index is 0.593. The quantitative estimate of drug-likeness (QED) is 0.720. The topological polar surface area (TPSA) is 56.5 Å². The van der Waals surface area contributed by atoms with E-state index in [9.17, 15) is 0 Å². The molecule has 1 heterocycles. The lowest BCUT2D eigenvalue weighted by atomic mass is 10.2. The van der Waals surface area contributed by atoms with Gasteiger partial charge in [-0.15, -0.1) is 0 Å². The molecule has 0 amide bonds. The number of nitrogens with one attached hydrogen (secondary N) is 1. The zero-order chi connectivity index (χ0) is 14.9. The molecule has 0 saturated carbocycles. The number of methoxy groups -OCH3 is 1. The number of rotatable bonds is 9. The second-order valence-corrected chi connectivity index (χ2v) is 4.66. The van der Waals surface area contributed by atoms with Crippen molar-refractivity contribution in [3.05, 3.63) is 36.4 Å². The van der Waals surface area contributed by atoms with Gasteiger partial charge in [-0.2, -0.15) is 0 Å². The molecule has 5 nitrogen and oxygen atoms in total. The van der Waals surface area contributed by atoms with Crippen molar-refractivity contribution in [2.24, 2.45) is 0 Å². The normalized spacial score (nSPS) is 10.8. The van der Waals surface area contributed by atoms with E-state index >= 15 is 0 Å². The van der Waals surface area contributed by atoms with Crippen molar-refractivity contribution < 1.29 is 13.9 Å². The molecule has 114 valence electrons. The first kappa shape index (κ1) is 15.5. The molecular formula is C16H22N2O3. The van der Waals surface area contributed by atoms with E-state index in [0.717, 1.165) is 30.0 Å². The third-order valence-electron chi connectivity index (χ3n) is 2.90. The fourth-order valence-electron chi connectivity index (χ4n) is 1.85.